The standard InChI is InChI=1S/C15H26N2O.ClH/c1-11-2-4-13(5-3-11)17(14-6-7-14)15(18)12-8-9-16-10-12;/h11-14,16H,2-10H2,1H3;1H. The SMILES string of the molecule is CC1CCC(N(C(=O)C2CCNC2)C2CC2)CC1.Cl. The van der Waals surface area contributed by atoms with E-state index in [1.807, 2.05) is 0 Å². The molecule has 110 valence electrons. The van der Waals surface area contributed by atoms with Gasteiger partial charge in [-0.3, -0.25) is 4.79 Å². The van der Waals surface area contributed by atoms with Gasteiger partial charge in [0.15, 0.2) is 0 Å². The molecule has 0 aromatic rings. The van der Waals surface area contributed by atoms with Gasteiger partial charge in [0.2, 0.25) is 5.91 Å². The normalized spacial score (nSPS) is 34.7. The Kier molecular flexibility index (Phi) is 5.13. The maximum atomic E-state index is 12.7. The van der Waals surface area contributed by atoms with Gasteiger partial charge in [-0.05, 0) is 57.4 Å². The highest BCUT2D eigenvalue weighted by molar-refractivity contribution is 5.85. The third-order valence-corrected chi connectivity index (χ3v) is 4.98. The largest absolute Gasteiger partial charge is 0.336 e. The molecule has 1 amide bonds. The Bertz CT molecular complexity index is 305. The summed E-state index contributed by atoms with van der Waals surface area (Å²) in [5.74, 6) is 1.59. The van der Waals surface area contributed by atoms with Crippen LogP contribution in [0.1, 0.15) is 51.9 Å². The lowest BCUT2D eigenvalue weighted by Crippen LogP contribution is -2.46. The summed E-state index contributed by atoms with van der Waals surface area (Å²) in [6.45, 7) is 4.28. The van der Waals surface area contributed by atoms with E-state index in [4.69, 9.17) is 0 Å². The van der Waals surface area contributed by atoms with Crippen molar-refractivity contribution in [3.8, 4) is 0 Å². The molecule has 4 heteroatoms. The third kappa shape index (κ3) is 3.43. The summed E-state index contributed by atoms with van der Waals surface area (Å²) in [4.78, 5) is 15.0. The first-order valence-electron chi connectivity index (χ1n) is 7.78. The summed E-state index contributed by atoms with van der Waals surface area (Å²) in [5, 5.41) is 3.33. The molecule has 1 aliphatic heterocycles. The zero-order chi connectivity index (χ0) is 12.5. The lowest BCUT2D eigenvalue weighted by atomic mass is 9.86. The van der Waals surface area contributed by atoms with E-state index in [1.165, 1.54) is 38.5 Å². The summed E-state index contributed by atoms with van der Waals surface area (Å²) in [6.07, 6.45) is 8.64. The van der Waals surface area contributed by atoms with Crippen molar-refractivity contribution in [3.05, 3.63) is 0 Å². The van der Waals surface area contributed by atoms with Gasteiger partial charge in [-0.25, -0.2) is 0 Å². The van der Waals surface area contributed by atoms with E-state index >= 15 is 0 Å². The summed E-state index contributed by atoms with van der Waals surface area (Å²) >= 11 is 0. The van der Waals surface area contributed by atoms with Gasteiger partial charge in [0.25, 0.3) is 0 Å². The highest BCUT2D eigenvalue weighted by atomic mass is 35.5. The Morgan fingerprint density at radius 3 is 2.05 bits per heavy atom. The summed E-state index contributed by atoms with van der Waals surface area (Å²) < 4.78 is 0. The van der Waals surface area contributed by atoms with E-state index in [9.17, 15) is 4.79 Å². The molecule has 0 spiro atoms. The Morgan fingerprint density at radius 2 is 1.58 bits per heavy atom. The van der Waals surface area contributed by atoms with Gasteiger partial charge in [-0.2, -0.15) is 0 Å². The van der Waals surface area contributed by atoms with Gasteiger partial charge >= 0.3 is 0 Å². The number of nitrogens with one attached hydrogen (secondary N) is 1. The molecule has 2 saturated carbocycles. The molecule has 1 atom stereocenters. The van der Waals surface area contributed by atoms with Crippen molar-refractivity contribution in [2.24, 2.45) is 11.8 Å². The molecule has 3 fully saturated rings. The van der Waals surface area contributed by atoms with E-state index < -0.39 is 0 Å². The monoisotopic (exact) mass is 286 g/mol. The van der Waals surface area contributed by atoms with Gasteiger partial charge in [0.1, 0.15) is 0 Å². The molecular weight excluding hydrogens is 260 g/mol. The molecule has 3 rings (SSSR count). The Hall–Kier alpha value is -0.280. The minimum atomic E-state index is 0. The maximum Gasteiger partial charge on any atom is 0.227 e. The van der Waals surface area contributed by atoms with Crippen LogP contribution in [0.4, 0.5) is 0 Å². The molecule has 0 aromatic carbocycles. The molecule has 19 heavy (non-hydrogen) atoms. The van der Waals surface area contributed by atoms with Crippen LogP contribution >= 0.6 is 12.4 Å². The molecule has 3 nitrogen and oxygen atoms in total. The number of carbonyl (C=O) groups excluding carboxylic acids is 1. The van der Waals surface area contributed by atoms with E-state index in [-0.39, 0.29) is 18.3 Å². The van der Waals surface area contributed by atoms with Gasteiger partial charge in [0.05, 0.1) is 5.92 Å². The highest BCUT2D eigenvalue weighted by Crippen LogP contribution is 2.36. The van der Waals surface area contributed by atoms with Crippen molar-refractivity contribution in [2.45, 2.75) is 64.0 Å². The van der Waals surface area contributed by atoms with Crippen LogP contribution in [0.3, 0.4) is 0 Å². The lowest BCUT2D eigenvalue weighted by Gasteiger charge is -2.37. The predicted octanol–water partition coefficient (Wildman–Crippen LogP) is 2.59. The number of hydrogen-bond donors (Lipinski definition) is 1. The molecule has 0 bridgehead atoms. The zero-order valence-electron chi connectivity index (χ0n) is 11.9. The van der Waals surface area contributed by atoms with Crippen molar-refractivity contribution in [3.63, 3.8) is 0 Å². The van der Waals surface area contributed by atoms with Crippen molar-refractivity contribution >= 4 is 18.3 Å². The van der Waals surface area contributed by atoms with Crippen LogP contribution < -0.4 is 5.32 Å². The van der Waals surface area contributed by atoms with E-state index in [1.54, 1.807) is 0 Å². The molecule has 0 aromatic heterocycles. The van der Waals surface area contributed by atoms with E-state index in [2.05, 4.69) is 17.1 Å². The minimum absolute atomic E-state index is 0. The van der Waals surface area contributed by atoms with Crippen LogP contribution in [0.15, 0.2) is 0 Å². The maximum absolute atomic E-state index is 12.7. The van der Waals surface area contributed by atoms with Gasteiger partial charge < -0.3 is 10.2 Å². The van der Waals surface area contributed by atoms with Crippen molar-refractivity contribution in [1.29, 1.82) is 0 Å². The Labute approximate surface area is 122 Å². The summed E-state index contributed by atoms with van der Waals surface area (Å²) in [5.41, 5.74) is 0. The summed E-state index contributed by atoms with van der Waals surface area (Å²) in [6, 6.07) is 1.15. The molecular formula is C15H27ClN2O. The first-order valence-corrected chi connectivity index (χ1v) is 7.78. The average molecular weight is 287 g/mol. The topological polar surface area (TPSA) is 32.3 Å². The predicted molar refractivity (Wildman–Crippen MR) is 79.5 cm³/mol. The Morgan fingerprint density at radius 1 is 1.00 bits per heavy atom. The zero-order valence-corrected chi connectivity index (χ0v) is 12.8. The number of rotatable bonds is 3. The van der Waals surface area contributed by atoms with Crippen LogP contribution in [-0.2, 0) is 4.79 Å². The second kappa shape index (κ2) is 6.45. The molecule has 1 heterocycles. The summed E-state index contributed by atoms with van der Waals surface area (Å²) in [7, 11) is 0. The molecule has 3 aliphatic rings. The average Bonchev–Trinajstić information content (AvgIpc) is 3.05. The quantitative estimate of drug-likeness (QED) is 0.865. The van der Waals surface area contributed by atoms with Crippen molar-refractivity contribution < 1.29 is 4.79 Å². The third-order valence-electron chi connectivity index (χ3n) is 4.98. The van der Waals surface area contributed by atoms with Crippen molar-refractivity contribution in [2.75, 3.05) is 13.1 Å². The second-order valence-corrected chi connectivity index (χ2v) is 6.58. The number of halogens is 1. The number of carbonyl (C=O) groups is 1. The number of hydrogen-bond acceptors (Lipinski definition) is 2. The fourth-order valence-corrected chi connectivity index (χ4v) is 3.61. The van der Waals surface area contributed by atoms with Crippen LogP contribution in [-0.4, -0.2) is 36.0 Å². The Balaban J connectivity index is 0.00000133. The fraction of sp³-hybridized carbons (Fsp3) is 0.933. The number of amides is 1. The van der Waals surface area contributed by atoms with E-state index in [0.717, 1.165) is 25.4 Å². The molecule has 2 aliphatic carbocycles. The van der Waals surface area contributed by atoms with Gasteiger partial charge in [-0.15, -0.1) is 12.4 Å². The first kappa shape index (κ1) is 15.1. The molecule has 1 unspecified atom stereocenters. The number of nitrogens with zero attached hydrogens (tertiary/aromatic N) is 1. The van der Waals surface area contributed by atoms with E-state index in [0.29, 0.717) is 18.0 Å². The van der Waals surface area contributed by atoms with Crippen LogP contribution in [0.5, 0.6) is 0 Å². The van der Waals surface area contributed by atoms with Crippen LogP contribution in [0.2, 0.25) is 0 Å². The molecule has 0 radical (unpaired) electrons. The fourth-order valence-electron chi connectivity index (χ4n) is 3.61. The second-order valence-electron chi connectivity index (χ2n) is 6.58. The van der Waals surface area contributed by atoms with Crippen LogP contribution in [0.25, 0.3) is 0 Å². The lowest BCUT2D eigenvalue weighted by molar-refractivity contribution is -0.138. The highest BCUT2D eigenvalue weighted by Gasteiger charge is 2.41. The molecule has 1 N–H and O–H groups in total. The van der Waals surface area contributed by atoms with Crippen LogP contribution in [0, 0.1) is 11.8 Å². The minimum Gasteiger partial charge on any atom is -0.336 e. The van der Waals surface area contributed by atoms with Gasteiger partial charge in [-0.1, -0.05) is 6.92 Å². The van der Waals surface area contributed by atoms with Crippen molar-refractivity contribution in [1.82, 2.24) is 10.2 Å². The first-order chi connectivity index (χ1) is 8.75. The smallest absolute Gasteiger partial charge is 0.227 e. The van der Waals surface area contributed by atoms with Gasteiger partial charge in [0, 0.05) is 18.6 Å². The molecule has 1 saturated heterocycles.